The van der Waals surface area contributed by atoms with Gasteiger partial charge in [0.2, 0.25) is 0 Å². The third kappa shape index (κ3) is 3.35. The third-order valence-electron chi connectivity index (χ3n) is 2.38. The molecule has 1 saturated heterocycles. The number of hydrogen-bond acceptors (Lipinski definition) is 1. The Balaban J connectivity index is 2.49. The molecule has 0 saturated carbocycles. The van der Waals surface area contributed by atoms with Crippen molar-refractivity contribution in [3.05, 3.63) is 0 Å². The quantitative estimate of drug-likeness (QED) is 0.643. The van der Waals surface area contributed by atoms with E-state index in [0.717, 1.165) is 19.1 Å². The summed E-state index contributed by atoms with van der Waals surface area (Å²) >= 11 is 0. The minimum atomic E-state index is -2.15. The summed E-state index contributed by atoms with van der Waals surface area (Å²) in [6, 6.07) is -0.452. The van der Waals surface area contributed by atoms with Gasteiger partial charge in [0.25, 0.3) is 6.43 Å². The van der Waals surface area contributed by atoms with Gasteiger partial charge in [-0.05, 0) is 25.6 Å². The second-order valence-electron chi connectivity index (χ2n) is 5.08. The molecule has 13 heavy (non-hydrogen) atoms. The maximum Gasteiger partial charge on any atom is 0.253 e. The number of rotatable bonds is 3. The monoisotopic (exact) mass is 207 g/mol. The molecule has 1 nitrogen and oxygen atoms in total. The first kappa shape index (κ1) is 11.1. The predicted molar refractivity (Wildman–Crippen MR) is 53.9 cm³/mol. The highest BCUT2D eigenvalue weighted by molar-refractivity contribution is 6.76. The standard InChI is InChI=1S/C9H19F2NSi/c1-13(2,3)7-12-6-4-5-8(12)9(10)11/h8-9H,4-7H2,1-3H3/t8-/m0/s1. The van der Waals surface area contributed by atoms with Gasteiger partial charge in [-0.2, -0.15) is 0 Å². The lowest BCUT2D eigenvalue weighted by Crippen LogP contribution is -2.45. The fourth-order valence-corrected chi connectivity index (χ4v) is 3.55. The van der Waals surface area contributed by atoms with Gasteiger partial charge in [-0.15, -0.1) is 0 Å². The van der Waals surface area contributed by atoms with E-state index in [0.29, 0.717) is 6.42 Å². The van der Waals surface area contributed by atoms with Crippen LogP contribution in [0.5, 0.6) is 0 Å². The van der Waals surface area contributed by atoms with Crippen molar-refractivity contribution in [1.82, 2.24) is 4.90 Å². The van der Waals surface area contributed by atoms with Crippen molar-refractivity contribution >= 4 is 8.07 Å². The van der Waals surface area contributed by atoms with Gasteiger partial charge in [0.05, 0.1) is 14.1 Å². The van der Waals surface area contributed by atoms with Gasteiger partial charge >= 0.3 is 0 Å². The molecule has 1 aliphatic heterocycles. The summed E-state index contributed by atoms with van der Waals surface area (Å²) in [4.78, 5) is 2.00. The molecule has 0 N–H and O–H groups in total. The highest BCUT2D eigenvalue weighted by Gasteiger charge is 2.34. The number of nitrogens with zero attached hydrogens (tertiary/aromatic N) is 1. The second kappa shape index (κ2) is 4.05. The molecule has 0 aromatic heterocycles. The van der Waals surface area contributed by atoms with E-state index >= 15 is 0 Å². The normalized spacial score (nSPS) is 25.8. The summed E-state index contributed by atoms with van der Waals surface area (Å²) in [5, 5.41) is 0. The van der Waals surface area contributed by atoms with E-state index in [2.05, 4.69) is 19.6 Å². The van der Waals surface area contributed by atoms with Crippen LogP contribution in [0.25, 0.3) is 0 Å². The summed E-state index contributed by atoms with van der Waals surface area (Å²) < 4.78 is 25.1. The molecular weight excluding hydrogens is 188 g/mol. The van der Waals surface area contributed by atoms with Crippen molar-refractivity contribution < 1.29 is 8.78 Å². The van der Waals surface area contributed by atoms with E-state index in [9.17, 15) is 8.78 Å². The Bertz CT molecular complexity index is 167. The van der Waals surface area contributed by atoms with Crippen LogP contribution in [0.1, 0.15) is 12.8 Å². The zero-order valence-electron chi connectivity index (χ0n) is 8.69. The van der Waals surface area contributed by atoms with E-state index in [4.69, 9.17) is 0 Å². The summed E-state index contributed by atoms with van der Waals surface area (Å²) in [6.07, 6.45) is 0.391. The fourth-order valence-electron chi connectivity index (χ4n) is 1.94. The van der Waals surface area contributed by atoms with E-state index in [-0.39, 0.29) is 0 Å². The Kier molecular flexibility index (Phi) is 3.46. The molecule has 1 heterocycles. The van der Waals surface area contributed by atoms with Gasteiger partial charge in [0, 0.05) is 0 Å². The van der Waals surface area contributed by atoms with Crippen LogP contribution in [0.3, 0.4) is 0 Å². The molecule has 0 aliphatic carbocycles. The summed E-state index contributed by atoms with van der Waals surface area (Å²) in [6.45, 7) is 7.56. The zero-order chi connectivity index (χ0) is 10.1. The minimum absolute atomic E-state index is 0.452. The summed E-state index contributed by atoms with van der Waals surface area (Å²) in [5.41, 5.74) is 0. The molecule has 0 amide bonds. The molecule has 4 heteroatoms. The zero-order valence-corrected chi connectivity index (χ0v) is 9.69. The maximum absolute atomic E-state index is 12.5. The summed E-state index contributed by atoms with van der Waals surface area (Å²) in [5.74, 6) is 0. The number of likely N-dealkylation sites (tertiary alicyclic amines) is 1. The Morgan fingerprint density at radius 1 is 1.38 bits per heavy atom. The predicted octanol–water partition coefficient (Wildman–Crippen LogP) is 2.59. The second-order valence-corrected chi connectivity index (χ2v) is 10.5. The molecule has 0 spiro atoms. The number of halogens is 2. The van der Waals surface area contributed by atoms with Gasteiger partial charge < -0.3 is 0 Å². The van der Waals surface area contributed by atoms with Crippen molar-refractivity contribution in [1.29, 1.82) is 0 Å². The first-order chi connectivity index (χ1) is 5.90. The third-order valence-corrected chi connectivity index (χ3v) is 3.74. The average molecular weight is 207 g/mol. The Morgan fingerprint density at radius 2 is 2.00 bits per heavy atom. The van der Waals surface area contributed by atoms with E-state index in [1.807, 2.05) is 4.90 Å². The highest BCUT2D eigenvalue weighted by atomic mass is 28.3. The molecule has 0 radical (unpaired) electrons. The number of alkyl halides is 2. The molecule has 0 bridgehead atoms. The van der Waals surface area contributed by atoms with E-state index in [1.165, 1.54) is 0 Å². The summed E-state index contributed by atoms with van der Waals surface area (Å²) in [7, 11) is -1.22. The van der Waals surface area contributed by atoms with Crippen molar-refractivity contribution in [3.8, 4) is 0 Å². The van der Waals surface area contributed by atoms with Gasteiger partial charge in [-0.1, -0.05) is 19.6 Å². The van der Waals surface area contributed by atoms with Crippen molar-refractivity contribution in [2.24, 2.45) is 0 Å². The lowest BCUT2D eigenvalue weighted by atomic mass is 10.2. The maximum atomic E-state index is 12.5. The number of hydrogen-bond donors (Lipinski definition) is 0. The van der Waals surface area contributed by atoms with Crippen LogP contribution in [-0.2, 0) is 0 Å². The lowest BCUT2D eigenvalue weighted by molar-refractivity contribution is 0.0546. The largest absolute Gasteiger partial charge is 0.298 e. The van der Waals surface area contributed by atoms with Crippen LogP contribution in [0, 0.1) is 0 Å². The van der Waals surface area contributed by atoms with Crippen molar-refractivity contribution in [2.75, 3.05) is 12.7 Å². The Labute approximate surface area is 80.1 Å². The molecule has 78 valence electrons. The van der Waals surface area contributed by atoms with Gasteiger partial charge in [-0.25, -0.2) is 8.78 Å². The van der Waals surface area contributed by atoms with Crippen LogP contribution in [0.2, 0.25) is 19.6 Å². The van der Waals surface area contributed by atoms with Crippen molar-refractivity contribution in [2.45, 2.75) is 44.9 Å². The minimum Gasteiger partial charge on any atom is -0.298 e. The Morgan fingerprint density at radius 3 is 2.46 bits per heavy atom. The Hall–Kier alpha value is 0.0369. The first-order valence-corrected chi connectivity index (χ1v) is 8.63. The van der Waals surface area contributed by atoms with Gasteiger partial charge in [0.1, 0.15) is 0 Å². The SMILES string of the molecule is C[Si](C)(C)CN1CCC[C@H]1C(F)F. The van der Waals surface area contributed by atoms with Crippen molar-refractivity contribution in [3.63, 3.8) is 0 Å². The first-order valence-electron chi connectivity index (χ1n) is 4.92. The van der Waals surface area contributed by atoms with E-state index in [1.54, 1.807) is 0 Å². The van der Waals surface area contributed by atoms with Crippen LogP contribution in [-0.4, -0.2) is 38.2 Å². The van der Waals surface area contributed by atoms with Gasteiger partial charge in [-0.3, -0.25) is 4.90 Å². The lowest BCUT2D eigenvalue weighted by Gasteiger charge is -2.29. The molecule has 0 unspecified atom stereocenters. The van der Waals surface area contributed by atoms with E-state index < -0.39 is 20.5 Å². The molecule has 1 atom stereocenters. The fraction of sp³-hybridized carbons (Fsp3) is 1.00. The van der Waals surface area contributed by atoms with Crippen LogP contribution < -0.4 is 0 Å². The highest BCUT2D eigenvalue weighted by Crippen LogP contribution is 2.24. The van der Waals surface area contributed by atoms with Crippen LogP contribution >= 0.6 is 0 Å². The van der Waals surface area contributed by atoms with Crippen LogP contribution in [0.4, 0.5) is 8.78 Å². The topological polar surface area (TPSA) is 3.24 Å². The molecule has 1 aliphatic rings. The molecule has 0 aromatic rings. The molecular formula is C9H19F2NSi. The molecule has 1 fully saturated rings. The molecule has 1 rings (SSSR count). The van der Waals surface area contributed by atoms with Gasteiger partial charge in [0.15, 0.2) is 0 Å². The molecule has 0 aromatic carbocycles. The van der Waals surface area contributed by atoms with Crippen LogP contribution in [0.15, 0.2) is 0 Å². The average Bonchev–Trinajstić information content (AvgIpc) is 2.31. The smallest absolute Gasteiger partial charge is 0.253 e.